The van der Waals surface area contributed by atoms with E-state index in [-0.39, 0.29) is 12.5 Å². The minimum Gasteiger partial charge on any atom is -0.392 e. The van der Waals surface area contributed by atoms with Crippen LogP contribution in [0.2, 0.25) is 5.02 Å². The summed E-state index contributed by atoms with van der Waals surface area (Å²) in [6.07, 6.45) is 0. The summed E-state index contributed by atoms with van der Waals surface area (Å²) in [5, 5.41) is 15.5. The molecule has 4 nitrogen and oxygen atoms in total. The van der Waals surface area contributed by atoms with Gasteiger partial charge in [-0.3, -0.25) is 4.79 Å². The van der Waals surface area contributed by atoms with Crippen molar-refractivity contribution in [1.29, 1.82) is 0 Å². The largest absolute Gasteiger partial charge is 0.392 e. The van der Waals surface area contributed by atoms with Gasteiger partial charge >= 0.3 is 0 Å². The number of halogens is 1. The number of hydrogen-bond acceptors (Lipinski definition) is 3. The second-order valence-corrected chi connectivity index (χ2v) is 5.10. The summed E-state index contributed by atoms with van der Waals surface area (Å²) in [5.41, 5.74) is 2.16. The molecule has 5 heteroatoms. The van der Waals surface area contributed by atoms with E-state index in [2.05, 4.69) is 10.6 Å². The molecule has 3 N–H and O–H groups in total. The second-order valence-electron chi connectivity index (χ2n) is 4.69. The van der Waals surface area contributed by atoms with Crippen molar-refractivity contribution in [3.05, 3.63) is 59.1 Å². The number of benzene rings is 2. The lowest BCUT2D eigenvalue weighted by molar-refractivity contribution is -0.116. The topological polar surface area (TPSA) is 61.4 Å². The first-order valence-corrected chi connectivity index (χ1v) is 6.99. The Labute approximate surface area is 128 Å². The van der Waals surface area contributed by atoms with Crippen LogP contribution in [0.3, 0.4) is 0 Å². The predicted octanol–water partition coefficient (Wildman–Crippen LogP) is 3.27. The molecule has 0 radical (unpaired) electrons. The molecule has 110 valence electrons. The van der Waals surface area contributed by atoms with Crippen LogP contribution in [0.4, 0.5) is 11.4 Å². The third-order valence-electron chi connectivity index (χ3n) is 3.02. The smallest absolute Gasteiger partial charge is 0.246 e. The second kappa shape index (κ2) is 7.11. The molecular formula is C16H17ClN2O2. The van der Waals surface area contributed by atoms with E-state index in [4.69, 9.17) is 16.7 Å². The number of hydrogen-bond donors (Lipinski definition) is 3. The number of rotatable bonds is 5. The Morgan fingerprint density at radius 1 is 1.24 bits per heavy atom. The zero-order valence-electron chi connectivity index (χ0n) is 11.6. The normalized spacial score (nSPS) is 11.8. The number of aliphatic hydroxyl groups is 1. The van der Waals surface area contributed by atoms with Gasteiger partial charge in [0.15, 0.2) is 0 Å². The van der Waals surface area contributed by atoms with Crippen LogP contribution in [0.25, 0.3) is 0 Å². The van der Waals surface area contributed by atoms with Gasteiger partial charge in [0.25, 0.3) is 0 Å². The summed E-state index contributed by atoms with van der Waals surface area (Å²) in [7, 11) is 0. The summed E-state index contributed by atoms with van der Waals surface area (Å²) in [6.45, 7) is 1.73. The molecule has 0 unspecified atom stereocenters. The van der Waals surface area contributed by atoms with Crippen LogP contribution in [0.1, 0.15) is 12.5 Å². The van der Waals surface area contributed by atoms with Crippen LogP contribution in [0.15, 0.2) is 48.5 Å². The minimum atomic E-state index is -0.435. The number of amides is 1. The highest BCUT2D eigenvalue weighted by atomic mass is 35.5. The molecule has 0 fully saturated rings. The zero-order chi connectivity index (χ0) is 15.2. The van der Waals surface area contributed by atoms with Crippen LogP contribution in [-0.2, 0) is 11.4 Å². The number of carbonyl (C=O) groups is 1. The average molecular weight is 305 g/mol. The molecule has 1 amide bonds. The van der Waals surface area contributed by atoms with Gasteiger partial charge in [-0.1, -0.05) is 35.9 Å². The van der Waals surface area contributed by atoms with E-state index in [9.17, 15) is 4.79 Å². The first kappa shape index (κ1) is 15.4. The Morgan fingerprint density at radius 2 is 2.00 bits per heavy atom. The minimum absolute atomic E-state index is 0.0320. The molecule has 0 aliphatic heterocycles. The van der Waals surface area contributed by atoms with Crippen molar-refractivity contribution in [3.8, 4) is 0 Å². The Morgan fingerprint density at radius 3 is 2.71 bits per heavy atom. The highest BCUT2D eigenvalue weighted by Gasteiger charge is 2.14. The summed E-state index contributed by atoms with van der Waals surface area (Å²) in [6, 6.07) is 13.9. The molecule has 0 aliphatic carbocycles. The quantitative estimate of drug-likeness (QED) is 0.794. The Bertz CT molecular complexity index is 631. The lowest BCUT2D eigenvalue weighted by Crippen LogP contribution is -2.31. The van der Waals surface area contributed by atoms with Crippen molar-refractivity contribution in [2.24, 2.45) is 0 Å². The molecule has 0 saturated carbocycles. The van der Waals surface area contributed by atoms with E-state index in [1.165, 1.54) is 0 Å². The lowest BCUT2D eigenvalue weighted by Gasteiger charge is -2.16. The number of para-hydroxylation sites is 1. The highest BCUT2D eigenvalue weighted by molar-refractivity contribution is 6.33. The molecule has 2 aromatic carbocycles. The van der Waals surface area contributed by atoms with Crippen LogP contribution in [0, 0.1) is 0 Å². The lowest BCUT2D eigenvalue weighted by atomic mass is 10.2. The van der Waals surface area contributed by atoms with Gasteiger partial charge in [0.2, 0.25) is 5.91 Å². The molecule has 0 spiro atoms. The van der Waals surface area contributed by atoms with Gasteiger partial charge < -0.3 is 15.7 Å². The summed E-state index contributed by atoms with van der Waals surface area (Å²) in [4.78, 5) is 12.1. The molecule has 0 heterocycles. The molecule has 0 saturated heterocycles. The van der Waals surface area contributed by atoms with Crippen molar-refractivity contribution < 1.29 is 9.90 Å². The van der Waals surface area contributed by atoms with E-state index in [1.807, 2.05) is 24.3 Å². The Hall–Kier alpha value is -2.04. The Kier molecular flexibility index (Phi) is 5.20. The SMILES string of the molecule is C[C@H](Nc1cccc(CO)c1)C(=O)Nc1ccccc1Cl. The third-order valence-corrected chi connectivity index (χ3v) is 3.35. The van der Waals surface area contributed by atoms with Gasteiger partial charge in [-0.25, -0.2) is 0 Å². The van der Waals surface area contributed by atoms with Crippen LogP contribution >= 0.6 is 11.6 Å². The maximum absolute atomic E-state index is 12.1. The van der Waals surface area contributed by atoms with Crippen LogP contribution in [0.5, 0.6) is 0 Å². The summed E-state index contributed by atoms with van der Waals surface area (Å²) < 4.78 is 0. The fourth-order valence-corrected chi connectivity index (χ4v) is 2.06. The van der Waals surface area contributed by atoms with E-state index in [1.54, 1.807) is 31.2 Å². The molecular weight excluding hydrogens is 288 g/mol. The fourth-order valence-electron chi connectivity index (χ4n) is 1.88. The fraction of sp³-hybridized carbons (Fsp3) is 0.188. The van der Waals surface area contributed by atoms with Gasteiger partial charge in [-0.2, -0.15) is 0 Å². The zero-order valence-corrected chi connectivity index (χ0v) is 12.4. The first-order valence-electron chi connectivity index (χ1n) is 6.62. The molecule has 0 aromatic heterocycles. The van der Waals surface area contributed by atoms with E-state index < -0.39 is 6.04 Å². The summed E-state index contributed by atoms with van der Waals surface area (Å²) >= 11 is 6.01. The number of carbonyl (C=O) groups excluding carboxylic acids is 1. The van der Waals surface area contributed by atoms with Crippen LogP contribution in [-0.4, -0.2) is 17.1 Å². The third kappa shape index (κ3) is 4.21. The van der Waals surface area contributed by atoms with Gasteiger partial charge in [-0.15, -0.1) is 0 Å². The van der Waals surface area contributed by atoms with Gasteiger partial charge in [0.05, 0.1) is 17.3 Å². The van der Waals surface area contributed by atoms with Crippen molar-refractivity contribution in [2.75, 3.05) is 10.6 Å². The van der Waals surface area contributed by atoms with E-state index in [0.29, 0.717) is 10.7 Å². The van der Waals surface area contributed by atoms with Crippen molar-refractivity contribution in [1.82, 2.24) is 0 Å². The molecule has 0 aliphatic rings. The van der Waals surface area contributed by atoms with E-state index in [0.717, 1.165) is 11.3 Å². The molecule has 21 heavy (non-hydrogen) atoms. The maximum atomic E-state index is 12.1. The van der Waals surface area contributed by atoms with Crippen molar-refractivity contribution >= 4 is 28.9 Å². The monoisotopic (exact) mass is 304 g/mol. The molecule has 1 atom stereocenters. The highest BCUT2D eigenvalue weighted by Crippen LogP contribution is 2.21. The predicted molar refractivity (Wildman–Crippen MR) is 85.5 cm³/mol. The molecule has 0 bridgehead atoms. The summed E-state index contributed by atoms with van der Waals surface area (Å²) in [5.74, 6) is -0.183. The van der Waals surface area contributed by atoms with Crippen molar-refractivity contribution in [2.45, 2.75) is 19.6 Å². The molecule has 2 aromatic rings. The van der Waals surface area contributed by atoms with Crippen molar-refractivity contribution in [3.63, 3.8) is 0 Å². The van der Waals surface area contributed by atoms with Gasteiger partial charge in [0.1, 0.15) is 6.04 Å². The van der Waals surface area contributed by atoms with Crippen LogP contribution < -0.4 is 10.6 Å². The van der Waals surface area contributed by atoms with Gasteiger partial charge in [-0.05, 0) is 36.8 Å². The number of aliphatic hydroxyl groups excluding tert-OH is 1. The maximum Gasteiger partial charge on any atom is 0.246 e. The number of nitrogens with one attached hydrogen (secondary N) is 2. The standard InChI is InChI=1S/C16H17ClN2O2/c1-11(18-13-6-4-5-12(9-13)10-20)16(21)19-15-8-3-2-7-14(15)17/h2-9,11,18,20H,10H2,1H3,(H,19,21)/t11-/m0/s1. The van der Waals surface area contributed by atoms with Gasteiger partial charge in [0, 0.05) is 5.69 Å². The first-order chi connectivity index (χ1) is 10.1. The Balaban J connectivity index is 2.01. The van der Waals surface area contributed by atoms with E-state index >= 15 is 0 Å². The number of anilines is 2. The average Bonchev–Trinajstić information content (AvgIpc) is 2.49. The molecule has 2 rings (SSSR count).